The summed E-state index contributed by atoms with van der Waals surface area (Å²) in [6.45, 7) is 8.55. The molecule has 0 aliphatic carbocycles. The van der Waals surface area contributed by atoms with E-state index in [9.17, 15) is 4.79 Å². The number of para-hydroxylation sites is 1. The predicted molar refractivity (Wildman–Crippen MR) is 119 cm³/mol. The number of aromatic nitrogens is 2. The molecule has 0 fully saturated rings. The molecule has 0 saturated carbocycles. The van der Waals surface area contributed by atoms with Crippen LogP contribution in [0.3, 0.4) is 0 Å². The molecule has 29 heavy (non-hydrogen) atoms. The lowest BCUT2D eigenvalue weighted by atomic mass is 9.98. The molecule has 0 aliphatic heterocycles. The first-order valence-corrected chi connectivity index (χ1v) is 10.0. The molecule has 0 radical (unpaired) electrons. The van der Waals surface area contributed by atoms with Gasteiger partial charge in [-0.05, 0) is 42.7 Å². The molecule has 0 aliphatic rings. The van der Waals surface area contributed by atoms with Gasteiger partial charge in [0.25, 0.3) is 5.56 Å². The number of benzene rings is 2. The predicted octanol–water partition coefficient (Wildman–Crippen LogP) is 4.78. The third kappa shape index (κ3) is 4.85. The van der Waals surface area contributed by atoms with Crippen LogP contribution in [0.4, 0.5) is 0 Å². The molecular weight excluding hydrogens is 434 g/mol. The van der Waals surface area contributed by atoms with E-state index < -0.39 is 0 Å². The minimum absolute atomic E-state index is 0.0154. The van der Waals surface area contributed by atoms with Gasteiger partial charge in [0.2, 0.25) is 0 Å². The third-order valence-corrected chi connectivity index (χ3v) is 4.65. The lowest BCUT2D eigenvalue weighted by Crippen LogP contribution is -2.21. The van der Waals surface area contributed by atoms with Gasteiger partial charge >= 0.3 is 0 Å². The third-order valence-electron chi connectivity index (χ3n) is 4.16. The van der Waals surface area contributed by atoms with Crippen molar-refractivity contribution in [1.82, 2.24) is 9.66 Å². The summed E-state index contributed by atoms with van der Waals surface area (Å²) < 4.78 is 13.6. The van der Waals surface area contributed by atoms with Crippen LogP contribution in [0.2, 0.25) is 0 Å². The fraction of sp³-hybridized carbons (Fsp3) is 0.318. The van der Waals surface area contributed by atoms with Gasteiger partial charge in [-0.1, -0.05) is 42.8 Å². The van der Waals surface area contributed by atoms with E-state index in [1.807, 2.05) is 30.3 Å². The topological polar surface area (TPSA) is 65.7 Å². The second-order valence-corrected chi connectivity index (χ2v) is 8.83. The minimum atomic E-state index is -0.231. The highest BCUT2D eigenvalue weighted by Crippen LogP contribution is 2.31. The first kappa shape index (κ1) is 21.0. The van der Waals surface area contributed by atoms with Crippen molar-refractivity contribution in [2.45, 2.75) is 27.7 Å². The first-order valence-electron chi connectivity index (χ1n) is 9.23. The second kappa shape index (κ2) is 8.37. The van der Waals surface area contributed by atoms with Crippen molar-refractivity contribution in [3.8, 4) is 11.5 Å². The largest absolute Gasteiger partial charge is 0.493 e. The summed E-state index contributed by atoms with van der Waals surface area (Å²) >= 11 is 3.40. The molecule has 0 atom stereocenters. The van der Waals surface area contributed by atoms with Crippen LogP contribution in [0.15, 0.2) is 50.8 Å². The van der Waals surface area contributed by atoms with E-state index in [0.29, 0.717) is 40.4 Å². The number of aryl methyl sites for hydroxylation is 1. The Morgan fingerprint density at radius 1 is 1.24 bits per heavy atom. The SMILES string of the molecule is COc1cccc(C=Nn2c(C)nc3ccc(Br)cc3c2=O)c1OCC(C)(C)C. The number of nitrogens with zero attached hydrogens (tertiary/aromatic N) is 3. The monoisotopic (exact) mass is 457 g/mol. The first-order chi connectivity index (χ1) is 13.7. The molecule has 3 aromatic rings. The van der Waals surface area contributed by atoms with Crippen LogP contribution in [-0.2, 0) is 0 Å². The highest BCUT2D eigenvalue weighted by atomic mass is 79.9. The van der Waals surface area contributed by atoms with Gasteiger partial charge in [-0.15, -0.1) is 0 Å². The van der Waals surface area contributed by atoms with Gasteiger partial charge in [-0.2, -0.15) is 9.78 Å². The molecule has 1 heterocycles. The van der Waals surface area contributed by atoms with Gasteiger partial charge in [0.15, 0.2) is 11.5 Å². The van der Waals surface area contributed by atoms with Crippen molar-refractivity contribution < 1.29 is 9.47 Å². The van der Waals surface area contributed by atoms with Crippen molar-refractivity contribution in [3.05, 3.63) is 62.6 Å². The van der Waals surface area contributed by atoms with Crippen molar-refractivity contribution in [1.29, 1.82) is 0 Å². The lowest BCUT2D eigenvalue weighted by molar-refractivity contribution is 0.191. The molecule has 152 valence electrons. The van der Waals surface area contributed by atoms with Crippen LogP contribution in [0.25, 0.3) is 10.9 Å². The molecule has 2 aromatic carbocycles. The number of halogens is 1. The molecule has 0 unspecified atom stereocenters. The Kier molecular flexibility index (Phi) is 6.07. The van der Waals surface area contributed by atoms with E-state index in [2.05, 4.69) is 46.8 Å². The quantitative estimate of drug-likeness (QED) is 0.516. The van der Waals surface area contributed by atoms with Crippen LogP contribution in [0.5, 0.6) is 11.5 Å². The fourth-order valence-electron chi connectivity index (χ4n) is 2.75. The number of fused-ring (bicyclic) bond motifs is 1. The van der Waals surface area contributed by atoms with Crippen molar-refractivity contribution in [3.63, 3.8) is 0 Å². The van der Waals surface area contributed by atoms with Gasteiger partial charge < -0.3 is 9.47 Å². The minimum Gasteiger partial charge on any atom is -0.493 e. The standard InChI is InChI=1S/C22H24BrN3O3/c1-14-25-18-10-9-16(23)11-17(18)21(27)26(14)24-12-15-7-6-8-19(28-5)20(15)29-13-22(2,3)4/h6-12H,13H2,1-5H3. The second-order valence-electron chi connectivity index (χ2n) is 7.91. The van der Waals surface area contributed by atoms with E-state index >= 15 is 0 Å². The Morgan fingerprint density at radius 3 is 2.69 bits per heavy atom. The van der Waals surface area contributed by atoms with E-state index in [0.717, 1.165) is 4.47 Å². The average Bonchev–Trinajstić information content (AvgIpc) is 2.66. The van der Waals surface area contributed by atoms with Crippen molar-refractivity contribution >= 4 is 33.0 Å². The van der Waals surface area contributed by atoms with Gasteiger partial charge in [-0.25, -0.2) is 4.98 Å². The van der Waals surface area contributed by atoms with E-state index in [4.69, 9.17) is 9.47 Å². The summed E-state index contributed by atoms with van der Waals surface area (Å²) in [6, 6.07) is 11.0. The zero-order valence-corrected chi connectivity index (χ0v) is 18.8. The average molecular weight is 458 g/mol. The molecule has 0 amide bonds. The Bertz CT molecular complexity index is 1130. The molecule has 3 rings (SSSR count). The number of methoxy groups -OCH3 is 1. The zero-order chi connectivity index (χ0) is 21.2. The smallest absolute Gasteiger partial charge is 0.282 e. The summed E-state index contributed by atoms with van der Waals surface area (Å²) in [7, 11) is 1.60. The summed E-state index contributed by atoms with van der Waals surface area (Å²) in [4.78, 5) is 17.4. The maximum Gasteiger partial charge on any atom is 0.282 e. The van der Waals surface area contributed by atoms with E-state index in [1.54, 1.807) is 26.3 Å². The molecule has 1 aromatic heterocycles. The number of hydrogen-bond acceptors (Lipinski definition) is 5. The van der Waals surface area contributed by atoms with Crippen LogP contribution < -0.4 is 15.0 Å². The Labute approximate surface area is 178 Å². The number of rotatable bonds is 5. The fourth-order valence-corrected chi connectivity index (χ4v) is 3.12. The van der Waals surface area contributed by atoms with Crippen molar-refractivity contribution in [2.75, 3.05) is 13.7 Å². The molecule has 0 N–H and O–H groups in total. The van der Waals surface area contributed by atoms with Gasteiger partial charge in [-0.3, -0.25) is 4.79 Å². The number of ether oxygens (including phenoxy) is 2. The Morgan fingerprint density at radius 2 is 2.00 bits per heavy atom. The van der Waals surface area contributed by atoms with E-state index in [1.165, 1.54) is 4.68 Å². The molecule has 0 saturated heterocycles. The molecule has 0 spiro atoms. The van der Waals surface area contributed by atoms with Crippen LogP contribution in [0.1, 0.15) is 32.2 Å². The van der Waals surface area contributed by atoms with Crippen LogP contribution in [0, 0.1) is 12.3 Å². The normalized spacial score (nSPS) is 11.9. The summed E-state index contributed by atoms with van der Waals surface area (Å²) in [6.07, 6.45) is 1.60. The van der Waals surface area contributed by atoms with Crippen LogP contribution >= 0.6 is 15.9 Å². The molecule has 7 heteroatoms. The summed E-state index contributed by atoms with van der Waals surface area (Å²) in [5.41, 5.74) is 1.11. The molecule has 6 nitrogen and oxygen atoms in total. The Hall–Kier alpha value is -2.67. The number of hydrogen-bond donors (Lipinski definition) is 0. The van der Waals surface area contributed by atoms with Crippen LogP contribution in [-0.4, -0.2) is 29.6 Å². The molecule has 0 bridgehead atoms. The zero-order valence-electron chi connectivity index (χ0n) is 17.2. The summed E-state index contributed by atoms with van der Waals surface area (Å²) in [5, 5.41) is 4.90. The highest BCUT2D eigenvalue weighted by molar-refractivity contribution is 9.10. The van der Waals surface area contributed by atoms with Gasteiger partial charge in [0.05, 0.1) is 30.8 Å². The van der Waals surface area contributed by atoms with E-state index in [-0.39, 0.29) is 11.0 Å². The summed E-state index contributed by atoms with van der Waals surface area (Å²) in [5.74, 6) is 1.71. The van der Waals surface area contributed by atoms with Gasteiger partial charge in [0, 0.05) is 10.0 Å². The maximum absolute atomic E-state index is 12.9. The van der Waals surface area contributed by atoms with Crippen molar-refractivity contribution in [2.24, 2.45) is 10.5 Å². The van der Waals surface area contributed by atoms with Gasteiger partial charge in [0.1, 0.15) is 5.82 Å². The highest BCUT2D eigenvalue weighted by Gasteiger charge is 2.16. The maximum atomic E-state index is 12.9. The lowest BCUT2D eigenvalue weighted by Gasteiger charge is -2.21. The Balaban J connectivity index is 2.05. The molecular formula is C22H24BrN3O3.